The SMILES string of the molecule is CC(C)[Si](Oc1ccc2c(c1)CC[C@H](c1ccc(F)cc1)[C@@H]2c1ccc(N2CCN(CC3(O)CCN(C(=O)OC(C)(C)C)CC3)CC2)c(F)c1)(C(C)C)C(C)C. The third kappa shape index (κ3) is 9.13. The van der Waals surface area contributed by atoms with E-state index >= 15 is 4.39 Å². The van der Waals surface area contributed by atoms with E-state index in [1.165, 1.54) is 23.3 Å². The van der Waals surface area contributed by atoms with Gasteiger partial charge in [-0.2, -0.15) is 0 Å². The molecule has 2 saturated heterocycles. The highest BCUT2D eigenvalue weighted by Gasteiger charge is 2.47. The maximum atomic E-state index is 16.4. The highest BCUT2D eigenvalue weighted by Crippen LogP contribution is 2.49. The number of piperidine rings is 1. The average molecular weight is 790 g/mol. The quantitative estimate of drug-likeness (QED) is 0.207. The molecule has 6 rings (SSSR count). The van der Waals surface area contributed by atoms with Gasteiger partial charge in [0.1, 0.15) is 23.0 Å². The number of hydrogen-bond acceptors (Lipinski definition) is 6. The summed E-state index contributed by atoms with van der Waals surface area (Å²) in [6, 6.07) is 19.1. The van der Waals surface area contributed by atoms with Crippen LogP contribution >= 0.6 is 0 Å². The summed E-state index contributed by atoms with van der Waals surface area (Å²) < 4.78 is 43.1. The number of fused-ring (bicyclic) bond motifs is 1. The molecule has 7 nitrogen and oxygen atoms in total. The van der Waals surface area contributed by atoms with E-state index in [4.69, 9.17) is 9.16 Å². The molecule has 1 aliphatic carbocycles. The van der Waals surface area contributed by atoms with Gasteiger partial charge in [0, 0.05) is 51.7 Å². The minimum absolute atomic E-state index is 0.0703. The number of piperazine rings is 1. The summed E-state index contributed by atoms with van der Waals surface area (Å²) in [5.74, 6) is 0.411. The van der Waals surface area contributed by atoms with Gasteiger partial charge >= 0.3 is 6.09 Å². The fourth-order valence-electron chi connectivity index (χ4n) is 10.0. The Balaban J connectivity index is 1.18. The minimum atomic E-state index is -2.15. The van der Waals surface area contributed by atoms with E-state index in [1.807, 2.05) is 39.0 Å². The zero-order chi connectivity index (χ0) is 40.6. The smallest absolute Gasteiger partial charge is 0.410 e. The molecule has 0 spiro atoms. The molecule has 2 aliphatic heterocycles. The number of hydrogen-bond donors (Lipinski definition) is 1. The lowest BCUT2D eigenvalue weighted by Crippen LogP contribution is -2.56. The highest BCUT2D eigenvalue weighted by atomic mass is 28.4. The van der Waals surface area contributed by atoms with Crippen LogP contribution < -0.4 is 9.33 Å². The summed E-state index contributed by atoms with van der Waals surface area (Å²) in [5.41, 5.74) is 4.94. The van der Waals surface area contributed by atoms with Crippen molar-refractivity contribution in [2.45, 2.75) is 128 Å². The van der Waals surface area contributed by atoms with Crippen LogP contribution in [0.15, 0.2) is 60.7 Å². The van der Waals surface area contributed by atoms with Crippen molar-refractivity contribution in [3.05, 3.63) is 94.6 Å². The zero-order valence-electron chi connectivity index (χ0n) is 35.2. The molecule has 306 valence electrons. The van der Waals surface area contributed by atoms with Crippen molar-refractivity contribution in [2.24, 2.45) is 0 Å². The van der Waals surface area contributed by atoms with Crippen LogP contribution in [-0.4, -0.2) is 86.3 Å². The van der Waals surface area contributed by atoms with Gasteiger partial charge < -0.3 is 24.1 Å². The molecular weight excluding hydrogens is 725 g/mol. The van der Waals surface area contributed by atoms with Crippen LogP contribution in [0.25, 0.3) is 0 Å². The lowest BCUT2D eigenvalue weighted by Gasteiger charge is -2.43. The summed E-state index contributed by atoms with van der Waals surface area (Å²) in [4.78, 5) is 18.6. The van der Waals surface area contributed by atoms with Crippen LogP contribution in [-0.2, 0) is 11.2 Å². The number of β-amino-alcohol motifs (C(OH)–C–C–N with tert-alkyl or cyclic N) is 1. The number of halogens is 2. The Kier molecular flexibility index (Phi) is 12.6. The Bertz CT molecular complexity index is 1790. The molecule has 3 aromatic carbocycles. The van der Waals surface area contributed by atoms with Gasteiger partial charge in [-0.25, -0.2) is 13.6 Å². The Morgan fingerprint density at radius 1 is 0.839 bits per heavy atom. The van der Waals surface area contributed by atoms with Crippen LogP contribution in [0.5, 0.6) is 5.75 Å². The first-order valence-electron chi connectivity index (χ1n) is 20.9. The molecule has 3 aliphatic rings. The number of aryl methyl sites for hydroxylation is 1. The van der Waals surface area contributed by atoms with Crippen LogP contribution in [0.2, 0.25) is 16.6 Å². The van der Waals surface area contributed by atoms with Crippen LogP contribution in [0.3, 0.4) is 0 Å². The molecule has 0 aromatic heterocycles. The molecule has 56 heavy (non-hydrogen) atoms. The molecule has 0 bridgehead atoms. The molecule has 2 heterocycles. The number of nitrogens with zero attached hydrogens (tertiary/aromatic N) is 3. The van der Waals surface area contributed by atoms with Crippen LogP contribution in [0, 0.1) is 11.6 Å². The van der Waals surface area contributed by atoms with Crippen molar-refractivity contribution in [1.29, 1.82) is 0 Å². The van der Waals surface area contributed by atoms with Crippen LogP contribution in [0.4, 0.5) is 19.3 Å². The predicted molar refractivity (Wildman–Crippen MR) is 224 cm³/mol. The molecule has 3 aromatic rings. The van der Waals surface area contributed by atoms with E-state index in [1.54, 1.807) is 11.0 Å². The van der Waals surface area contributed by atoms with Gasteiger partial charge in [0.2, 0.25) is 0 Å². The second-order valence-electron chi connectivity index (χ2n) is 18.6. The molecular formula is C46H65F2N3O4Si. The van der Waals surface area contributed by atoms with E-state index in [2.05, 4.69) is 75.6 Å². The molecule has 1 amide bonds. The monoisotopic (exact) mass is 789 g/mol. The third-order valence-electron chi connectivity index (χ3n) is 12.8. The number of rotatable bonds is 10. The number of likely N-dealkylation sites (tertiary alicyclic amines) is 1. The molecule has 2 fully saturated rings. The summed E-state index contributed by atoms with van der Waals surface area (Å²) in [6.45, 7) is 23.6. The average Bonchev–Trinajstić information content (AvgIpc) is 3.13. The van der Waals surface area contributed by atoms with E-state index in [-0.39, 0.29) is 29.6 Å². The van der Waals surface area contributed by atoms with Crippen molar-refractivity contribution < 1.29 is 27.8 Å². The van der Waals surface area contributed by atoms with E-state index in [0.29, 0.717) is 81.0 Å². The fraction of sp³-hybridized carbons (Fsp3) is 0.587. The van der Waals surface area contributed by atoms with Gasteiger partial charge in [-0.3, -0.25) is 4.90 Å². The summed E-state index contributed by atoms with van der Waals surface area (Å²) >= 11 is 0. The van der Waals surface area contributed by atoms with Crippen molar-refractivity contribution in [3.63, 3.8) is 0 Å². The van der Waals surface area contributed by atoms with Gasteiger partial charge in [0.25, 0.3) is 8.32 Å². The highest BCUT2D eigenvalue weighted by molar-refractivity contribution is 6.78. The normalized spacial score (nSPS) is 20.8. The predicted octanol–water partition coefficient (Wildman–Crippen LogP) is 10.3. The standard InChI is InChI=1S/C46H65F2N3O4Si/c1-31(2)56(32(3)4,33(5)6)55-38-16-18-40-35(28-38)12-17-39(34-10-14-37(47)15-11-34)43(40)36-13-19-42(41(48)29-36)50-26-24-49(25-27-50)30-46(53)20-22-51(23-21-46)44(52)54-45(7,8)9/h10-11,13-16,18-19,28-29,31-33,39,43,53H,12,17,20-27,30H2,1-9H3/t39-,43+/m1/s1. The number of ether oxygens (including phenoxy) is 1. The number of anilines is 1. The van der Waals surface area contributed by atoms with Gasteiger partial charge in [0.15, 0.2) is 0 Å². The third-order valence-corrected chi connectivity index (χ3v) is 18.8. The first-order valence-corrected chi connectivity index (χ1v) is 23.1. The Labute approximate surface area is 335 Å². The molecule has 1 N–H and O–H groups in total. The Morgan fingerprint density at radius 3 is 2.02 bits per heavy atom. The Morgan fingerprint density at radius 2 is 1.45 bits per heavy atom. The molecule has 0 radical (unpaired) electrons. The van der Waals surface area contributed by atoms with Crippen molar-refractivity contribution in [3.8, 4) is 5.75 Å². The summed E-state index contributed by atoms with van der Waals surface area (Å²) in [7, 11) is -2.15. The molecule has 10 heteroatoms. The zero-order valence-corrected chi connectivity index (χ0v) is 36.2. The van der Waals surface area contributed by atoms with E-state index in [0.717, 1.165) is 29.7 Å². The number of aliphatic hydroxyl groups is 1. The first kappa shape index (κ1) is 42.1. The van der Waals surface area contributed by atoms with Crippen LogP contribution in [0.1, 0.15) is 116 Å². The molecule has 0 saturated carbocycles. The summed E-state index contributed by atoms with van der Waals surface area (Å²) in [5, 5.41) is 11.4. The van der Waals surface area contributed by atoms with Gasteiger partial charge in [0.05, 0.1) is 11.3 Å². The fourth-order valence-corrected chi connectivity index (χ4v) is 15.3. The maximum Gasteiger partial charge on any atom is 0.410 e. The second-order valence-corrected chi connectivity index (χ2v) is 24.0. The van der Waals surface area contributed by atoms with Gasteiger partial charge in [-0.15, -0.1) is 0 Å². The second kappa shape index (κ2) is 16.8. The lowest BCUT2D eigenvalue weighted by molar-refractivity contribution is -0.0507. The number of benzene rings is 3. The molecule has 2 atom stereocenters. The topological polar surface area (TPSA) is 65.5 Å². The number of carbonyl (C=O) groups is 1. The summed E-state index contributed by atoms with van der Waals surface area (Å²) in [6.07, 6.45) is 2.39. The maximum absolute atomic E-state index is 16.4. The van der Waals surface area contributed by atoms with Gasteiger partial charge in [-0.05, 0) is 128 Å². The molecule has 0 unspecified atom stereocenters. The minimum Gasteiger partial charge on any atom is -0.543 e. The van der Waals surface area contributed by atoms with Crippen molar-refractivity contribution in [1.82, 2.24) is 9.80 Å². The van der Waals surface area contributed by atoms with Gasteiger partial charge in [-0.1, -0.05) is 65.8 Å². The van der Waals surface area contributed by atoms with Crippen molar-refractivity contribution in [2.75, 3.05) is 50.7 Å². The van der Waals surface area contributed by atoms with E-state index in [9.17, 15) is 14.3 Å². The lowest BCUT2D eigenvalue weighted by atomic mass is 9.69. The largest absolute Gasteiger partial charge is 0.543 e. The first-order chi connectivity index (χ1) is 26.4. The number of carbonyl (C=O) groups excluding carboxylic acids is 1. The Hall–Kier alpha value is -3.47. The number of amides is 1. The van der Waals surface area contributed by atoms with E-state index < -0.39 is 19.5 Å². The van der Waals surface area contributed by atoms with Crippen molar-refractivity contribution >= 4 is 20.1 Å².